The summed E-state index contributed by atoms with van der Waals surface area (Å²) >= 11 is 7.82. The molecule has 1 atom stereocenters. The molecule has 1 aliphatic carbocycles. The van der Waals surface area contributed by atoms with Gasteiger partial charge >= 0.3 is 0 Å². The molecular weight excluding hydrogens is 456 g/mol. The normalized spacial score (nSPS) is 19.6. The summed E-state index contributed by atoms with van der Waals surface area (Å²) in [6.45, 7) is 1.28. The number of rotatable bonds is 6. The van der Waals surface area contributed by atoms with Crippen LogP contribution in [0.15, 0.2) is 47.4 Å². The number of sulfonamides is 1. The number of nitrogens with one attached hydrogen (secondary N) is 1. The number of anilines is 1. The standard InChI is InChI=1S/C22H25ClN2O4S2/c23-19-9-8-17(14-21(19)31(27,28)25-10-12-29-13-11-25)24-22(26)15-30-20-7-3-5-16-4-1-2-6-18(16)20/h1-2,4,6,8-9,14,20H,3,5,7,10-13,15H2,(H,24,26). The van der Waals surface area contributed by atoms with E-state index < -0.39 is 10.0 Å². The van der Waals surface area contributed by atoms with Crippen LogP contribution in [-0.2, 0) is 26.0 Å². The Bertz CT molecular complexity index is 1060. The highest BCUT2D eigenvalue weighted by Gasteiger charge is 2.29. The van der Waals surface area contributed by atoms with E-state index in [0.717, 1.165) is 19.3 Å². The number of hydrogen-bond acceptors (Lipinski definition) is 5. The second kappa shape index (κ2) is 9.92. The number of ether oxygens (including phenoxy) is 1. The molecule has 2 aromatic rings. The number of carbonyl (C=O) groups is 1. The Balaban J connectivity index is 1.42. The van der Waals surface area contributed by atoms with Crippen molar-refractivity contribution in [2.24, 2.45) is 0 Å². The highest BCUT2D eigenvalue weighted by molar-refractivity contribution is 8.00. The van der Waals surface area contributed by atoms with E-state index in [9.17, 15) is 13.2 Å². The van der Waals surface area contributed by atoms with Gasteiger partial charge < -0.3 is 10.1 Å². The summed E-state index contributed by atoms with van der Waals surface area (Å²) in [6.07, 6.45) is 3.26. The second-order valence-electron chi connectivity index (χ2n) is 7.60. The molecule has 1 unspecified atom stereocenters. The number of halogens is 1. The van der Waals surface area contributed by atoms with Crippen LogP contribution in [0.2, 0.25) is 5.02 Å². The third kappa shape index (κ3) is 5.26. The van der Waals surface area contributed by atoms with E-state index in [1.165, 1.54) is 27.6 Å². The summed E-state index contributed by atoms with van der Waals surface area (Å²) < 4.78 is 32.5. The molecule has 9 heteroatoms. The predicted octanol–water partition coefficient (Wildman–Crippen LogP) is 4.11. The smallest absolute Gasteiger partial charge is 0.244 e. The van der Waals surface area contributed by atoms with Crippen LogP contribution in [0.5, 0.6) is 0 Å². The van der Waals surface area contributed by atoms with Crippen molar-refractivity contribution in [1.82, 2.24) is 4.31 Å². The van der Waals surface area contributed by atoms with E-state index in [4.69, 9.17) is 16.3 Å². The van der Waals surface area contributed by atoms with Gasteiger partial charge in [0.25, 0.3) is 0 Å². The minimum Gasteiger partial charge on any atom is -0.379 e. The van der Waals surface area contributed by atoms with E-state index >= 15 is 0 Å². The Morgan fingerprint density at radius 2 is 1.97 bits per heavy atom. The molecule has 2 aromatic carbocycles. The Morgan fingerprint density at radius 1 is 1.19 bits per heavy atom. The first-order valence-corrected chi connectivity index (χ1v) is 13.2. The highest BCUT2D eigenvalue weighted by atomic mass is 35.5. The lowest BCUT2D eigenvalue weighted by Gasteiger charge is -2.26. The molecule has 0 saturated carbocycles. The van der Waals surface area contributed by atoms with Crippen molar-refractivity contribution < 1.29 is 17.9 Å². The first-order chi connectivity index (χ1) is 14.9. The topological polar surface area (TPSA) is 75.7 Å². The fraction of sp³-hybridized carbons (Fsp3) is 0.409. The van der Waals surface area contributed by atoms with Gasteiger partial charge in [0.15, 0.2) is 0 Å². The SMILES string of the molecule is O=C(CSC1CCCc2ccccc21)Nc1ccc(Cl)c(S(=O)(=O)N2CCOCC2)c1. The quantitative estimate of drug-likeness (QED) is 0.673. The van der Waals surface area contributed by atoms with Gasteiger partial charge in [-0.05, 0) is 48.6 Å². The maximum absolute atomic E-state index is 13.0. The lowest BCUT2D eigenvalue weighted by atomic mass is 9.91. The third-order valence-corrected chi connectivity index (χ3v) is 9.23. The van der Waals surface area contributed by atoms with Crippen LogP contribution in [0.3, 0.4) is 0 Å². The molecule has 6 nitrogen and oxygen atoms in total. The first kappa shape index (κ1) is 22.6. The molecule has 31 heavy (non-hydrogen) atoms. The third-order valence-electron chi connectivity index (χ3n) is 5.53. The minimum atomic E-state index is -3.75. The second-order valence-corrected chi connectivity index (χ2v) is 11.1. The summed E-state index contributed by atoms with van der Waals surface area (Å²) in [6, 6.07) is 13.0. The van der Waals surface area contributed by atoms with E-state index in [1.807, 2.05) is 6.07 Å². The van der Waals surface area contributed by atoms with Crippen molar-refractivity contribution in [2.45, 2.75) is 29.4 Å². The van der Waals surface area contributed by atoms with Crippen LogP contribution in [0, 0.1) is 0 Å². The van der Waals surface area contributed by atoms with Crippen LogP contribution >= 0.6 is 23.4 Å². The van der Waals surface area contributed by atoms with Gasteiger partial charge in [-0.2, -0.15) is 4.31 Å². The number of fused-ring (bicyclic) bond motifs is 1. The van der Waals surface area contributed by atoms with Gasteiger partial charge in [-0.3, -0.25) is 4.79 Å². The van der Waals surface area contributed by atoms with Crippen molar-refractivity contribution in [3.05, 3.63) is 58.6 Å². The molecule has 1 saturated heterocycles. The van der Waals surface area contributed by atoms with Gasteiger partial charge in [-0.25, -0.2) is 8.42 Å². The number of benzene rings is 2. The molecule has 0 bridgehead atoms. The molecular formula is C22H25ClN2O4S2. The van der Waals surface area contributed by atoms with Gasteiger partial charge in [0.1, 0.15) is 4.90 Å². The Morgan fingerprint density at radius 3 is 2.77 bits per heavy atom. The van der Waals surface area contributed by atoms with Crippen LogP contribution in [-0.4, -0.2) is 50.7 Å². The molecule has 166 valence electrons. The van der Waals surface area contributed by atoms with Crippen LogP contribution in [0.25, 0.3) is 0 Å². The van der Waals surface area contributed by atoms with Crippen LogP contribution < -0.4 is 5.32 Å². The van der Waals surface area contributed by atoms with E-state index in [2.05, 4.69) is 23.5 Å². The van der Waals surface area contributed by atoms with Crippen LogP contribution in [0.1, 0.15) is 29.2 Å². The number of hydrogen-bond donors (Lipinski definition) is 1. The monoisotopic (exact) mass is 480 g/mol. The number of aryl methyl sites for hydroxylation is 1. The Labute approximate surface area is 192 Å². The molecule has 0 aromatic heterocycles. The Kier molecular flexibility index (Phi) is 7.23. The molecule has 4 rings (SSSR count). The molecule has 1 aliphatic heterocycles. The fourth-order valence-electron chi connectivity index (χ4n) is 3.96. The summed E-state index contributed by atoms with van der Waals surface area (Å²) in [5.41, 5.74) is 3.10. The van der Waals surface area contributed by atoms with E-state index in [0.29, 0.717) is 29.9 Å². The summed E-state index contributed by atoms with van der Waals surface area (Å²) in [4.78, 5) is 12.6. The molecule has 1 N–H and O–H groups in total. The number of morpholine rings is 1. The maximum atomic E-state index is 13.0. The van der Waals surface area contributed by atoms with Crippen molar-refractivity contribution in [3.63, 3.8) is 0 Å². The van der Waals surface area contributed by atoms with Gasteiger partial charge in [0.2, 0.25) is 15.9 Å². The van der Waals surface area contributed by atoms with Gasteiger partial charge in [0.05, 0.1) is 24.0 Å². The zero-order valence-corrected chi connectivity index (χ0v) is 19.4. The lowest BCUT2D eigenvalue weighted by molar-refractivity contribution is -0.113. The average molecular weight is 481 g/mol. The summed E-state index contributed by atoms with van der Waals surface area (Å²) in [5, 5.41) is 3.26. The average Bonchev–Trinajstić information content (AvgIpc) is 2.79. The highest BCUT2D eigenvalue weighted by Crippen LogP contribution is 2.39. The zero-order chi connectivity index (χ0) is 21.8. The van der Waals surface area contributed by atoms with Crippen molar-refractivity contribution >= 4 is 45.0 Å². The summed E-state index contributed by atoms with van der Waals surface area (Å²) in [7, 11) is -3.75. The lowest BCUT2D eigenvalue weighted by Crippen LogP contribution is -2.40. The number of nitrogens with zero attached hydrogens (tertiary/aromatic N) is 1. The van der Waals surface area contributed by atoms with Crippen LogP contribution in [0.4, 0.5) is 5.69 Å². The van der Waals surface area contributed by atoms with Crippen molar-refractivity contribution in [1.29, 1.82) is 0 Å². The molecule has 1 fully saturated rings. The number of thioether (sulfide) groups is 1. The molecule has 2 aliphatic rings. The molecule has 1 heterocycles. The van der Waals surface area contributed by atoms with E-state index in [1.54, 1.807) is 17.8 Å². The number of amides is 1. The van der Waals surface area contributed by atoms with Crippen molar-refractivity contribution in [2.75, 3.05) is 37.4 Å². The fourth-order valence-corrected chi connectivity index (χ4v) is 7.04. The molecule has 0 spiro atoms. The van der Waals surface area contributed by atoms with Crippen molar-refractivity contribution in [3.8, 4) is 0 Å². The zero-order valence-electron chi connectivity index (χ0n) is 17.1. The largest absolute Gasteiger partial charge is 0.379 e. The predicted molar refractivity (Wildman–Crippen MR) is 124 cm³/mol. The van der Waals surface area contributed by atoms with E-state index in [-0.39, 0.29) is 28.9 Å². The molecule has 1 amide bonds. The minimum absolute atomic E-state index is 0.00253. The number of carbonyl (C=O) groups excluding carboxylic acids is 1. The molecule has 0 radical (unpaired) electrons. The maximum Gasteiger partial charge on any atom is 0.244 e. The van der Waals surface area contributed by atoms with Gasteiger partial charge in [0, 0.05) is 24.0 Å². The Hall–Kier alpha value is -1.58. The van der Waals surface area contributed by atoms with Gasteiger partial charge in [-0.1, -0.05) is 35.9 Å². The van der Waals surface area contributed by atoms with Gasteiger partial charge in [-0.15, -0.1) is 11.8 Å². The summed E-state index contributed by atoms with van der Waals surface area (Å²) in [5.74, 6) is 0.137. The first-order valence-electron chi connectivity index (χ1n) is 10.3.